The van der Waals surface area contributed by atoms with E-state index in [1.165, 1.54) is 16.4 Å². The average Bonchev–Trinajstić information content (AvgIpc) is 3.20. The van der Waals surface area contributed by atoms with Crippen LogP contribution < -0.4 is 15.9 Å². The summed E-state index contributed by atoms with van der Waals surface area (Å²) < 4.78 is 36.1. The van der Waals surface area contributed by atoms with Crippen LogP contribution in [0.4, 0.5) is 0 Å². The van der Waals surface area contributed by atoms with Crippen LogP contribution in [0.25, 0.3) is 22.4 Å². The third-order valence-electron chi connectivity index (χ3n) is 6.49. The van der Waals surface area contributed by atoms with Gasteiger partial charge in [-0.3, -0.25) is 9.69 Å². The van der Waals surface area contributed by atoms with E-state index in [0.29, 0.717) is 67.3 Å². The minimum absolute atomic E-state index is 0.105. The second kappa shape index (κ2) is 11.7. The maximum absolute atomic E-state index is 13.5. The Bertz CT molecular complexity index is 1390. The number of hydrogen-bond acceptors (Lipinski definition) is 8. The number of ether oxygens (including phenoxy) is 1. The molecule has 12 nitrogen and oxygen atoms in total. The second-order valence-electron chi connectivity index (χ2n) is 8.93. The summed E-state index contributed by atoms with van der Waals surface area (Å²) in [4.78, 5) is 27.5. The molecule has 0 amide bonds. The van der Waals surface area contributed by atoms with Crippen molar-refractivity contribution in [2.45, 2.75) is 31.6 Å². The van der Waals surface area contributed by atoms with Gasteiger partial charge in [0.25, 0.3) is 5.56 Å². The maximum atomic E-state index is 13.5. The normalized spacial score (nSPS) is 15.5. The summed E-state index contributed by atoms with van der Waals surface area (Å²) in [5.74, 6) is 0.707. The Hall–Kier alpha value is -2.81. The van der Waals surface area contributed by atoms with E-state index in [0.717, 1.165) is 18.4 Å². The van der Waals surface area contributed by atoms with Gasteiger partial charge < -0.3 is 19.5 Å². The number of rotatable bonds is 11. The zero-order valence-corrected chi connectivity index (χ0v) is 22.2. The van der Waals surface area contributed by atoms with Crippen molar-refractivity contribution in [3.63, 3.8) is 0 Å². The van der Waals surface area contributed by atoms with Gasteiger partial charge in [0.05, 0.1) is 22.6 Å². The highest BCUT2D eigenvalue weighted by Gasteiger charge is 2.29. The van der Waals surface area contributed by atoms with Crippen LogP contribution in [0.15, 0.2) is 34.1 Å². The van der Waals surface area contributed by atoms with E-state index < -0.39 is 10.0 Å². The zero-order chi connectivity index (χ0) is 26.6. The SMILES string of the molecule is CCCc1cn(C)c2c(=O)[nH]c(-c3cc(S(=O)(=O)N4CCN(CCO[NH2+][O-])CC4)ccc3OCC)nc12. The minimum Gasteiger partial charge on any atom is -0.601 e. The van der Waals surface area contributed by atoms with Crippen molar-refractivity contribution >= 4 is 21.1 Å². The Labute approximate surface area is 215 Å². The lowest BCUT2D eigenvalue weighted by Gasteiger charge is -2.33. The molecule has 0 aliphatic carbocycles. The minimum atomic E-state index is -3.80. The molecule has 1 fully saturated rings. The van der Waals surface area contributed by atoms with Crippen molar-refractivity contribution < 1.29 is 23.6 Å². The monoisotopic (exact) mass is 534 g/mol. The third kappa shape index (κ3) is 5.71. The molecule has 4 rings (SSSR count). The van der Waals surface area contributed by atoms with Crippen LogP contribution in [0.5, 0.6) is 5.75 Å². The highest BCUT2D eigenvalue weighted by Crippen LogP contribution is 2.32. The van der Waals surface area contributed by atoms with Crippen LogP contribution in [0.2, 0.25) is 0 Å². The summed E-state index contributed by atoms with van der Waals surface area (Å²) in [6.07, 6.45) is 3.58. The van der Waals surface area contributed by atoms with Gasteiger partial charge in [0.1, 0.15) is 23.7 Å². The van der Waals surface area contributed by atoms with Crippen molar-refractivity contribution in [1.82, 2.24) is 23.7 Å². The molecule has 1 aliphatic rings. The van der Waals surface area contributed by atoms with Gasteiger partial charge in [-0.2, -0.15) is 4.31 Å². The van der Waals surface area contributed by atoms with Crippen molar-refractivity contribution in [3.05, 3.63) is 45.5 Å². The lowest BCUT2D eigenvalue weighted by molar-refractivity contribution is -0.850. The van der Waals surface area contributed by atoms with Gasteiger partial charge in [0.2, 0.25) is 10.0 Å². The van der Waals surface area contributed by atoms with Crippen molar-refractivity contribution in [2.75, 3.05) is 45.9 Å². The smallest absolute Gasteiger partial charge is 0.275 e. The van der Waals surface area contributed by atoms with E-state index in [2.05, 4.69) is 16.8 Å². The van der Waals surface area contributed by atoms with Crippen molar-refractivity contribution in [2.24, 2.45) is 7.05 Å². The van der Waals surface area contributed by atoms with Crippen LogP contribution in [-0.2, 0) is 28.3 Å². The Morgan fingerprint density at radius 3 is 2.62 bits per heavy atom. The first-order chi connectivity index (χ1) is 17.8. The Kier molecular flexibility index (Phi) is 8.62. The molecule has 3 aromatic rings. The number of hydrogen-bond donors (Lipinski definition) is 2. The van der Waals surface area contributed by atoms with Crippen LogP contribution >= 0.6 is 0 Å². The lowest BCUT2D eigenvalue weighted by atomic mass is 10.1. The van der Waals surface area contributed by atoms with Gasteiger partial charge in [0.15, 0.2) is 0 Å². The Morgan fingerprint density at radius 1 is 1.19 bits per heavy atom. The number of aromatic amines is 1. The molecule has 2 aromatic heterocycles. The number of aryl methyl sites for hydroxylation is 2. The molecule has 1 aliphatic heterocycles. The lowest BCUT2D eigenvalue weighted by Crippen LogP contribution is -2.76. The van der Waals surface area contributed by atoms with Crippen LogP contribution in [0.1, 0.15) is 25.8 Å². The van der Waals surface area contributed by atoms with Gasteiger partial charge in [-0.15, -0.1) is 0 Å². The van der Waals surface area contributed by atoms with E-state index in [4.69, 9.17) is 14.6 Å². The molecule has 0 saturated carbocycles. The maximum Gasteiger partial charge on any atom is 0.275 e. The first-order valence-corrected chi connectivity index (χ1v) is 13.9. The Balaban J connectivity index is 1.69. The molecule has 1 saturated heterocycles. The first-order valence-electron chi connectivity index (χ1n) is 12.4. The van der Waals surface area contributed by atoms with Gasteiger partial charge in [-0.1, -0.05) is 13.3 Å². The molecule has 0 spiro atoms. The fraction of sp³-hybridized carbons (Fsp3) is 0.500. The number of nitrogens with zero attached hydrogens (tertiary/aromatic N) is 4. The molecule has 37 heavy (non-hydrogen) atoms. The fourth-order valence-electron chi connectivity index (χ4n) is 4.67. The molecule has 0 radical (unpaired) electrons. The Morgan fingerprint density at radius 2 is 1.95 bits per heavy atom. The largest absolute Gasteiger partial charge is 0.601 e. The van der Waals surface area contributed by atoms with E-state index in [1.54, 1.807) is 10.6 Å². The molecule has 0 atom stereocenters. The number of H-pyrrole nitrogens is 1. The zero-order valence-electron chi connectivity index (χ0n) is 21.4. The van der Waals surface area contributed by atoms with Gasteiger partial charge >= 0.3 is 0 Å². The van der Waals surface area contributed by atoms with Gasteiger partial charge in [-0.05, 0) is 37.1 Å². The number of piperazine rings is 1. The molecule has 202 valence electrons. The summed E-state index contributed by atoms with van der Waals surface area (Å²) in [5.41, 5.74) is 2.57. The predicted molar refractivity (Wildman–Crippen MR) is 138 cm³/mol. The molecule has 3 heterocycles. The van der Waals surface area contributed by atoms with Crippen molar-refractivity contribution in [3.8, 4) is 17.1 Å². The molecule has 1 aromatic carbocycles. The van der Waals surface area contributed by atoms with E-state index in [-0.39, 0.29) is 22.9 Å². The van der Waals surface area contributed by atoms with Gasteiger partial charge in [0, 0.05) is 46.0 Å². The third-order valence-corrected chi connectivity index (χ3v) is 8.38. The van der Waals surface area contributed by atoms with E-state index >= 15 is 0 Å². The summed E-state index contributed by atoms with van der Waals surface area (Å²) in [6.45, 7) is 6.80. The van der Waals surface area contributed by atoms with E-state index in [9.17, 15) is 18.4 Å². The topological polar surface area (TPSA) is 149 Å². The molecule has 13 heteroatoms. The quantitative estimate of drug-likeness (QED) is 0.268. The second-order valence-corrected chi connectivity index (χ2v) is 10.9. The van der Waals surface area contributed by atoms with Crippen molar-refractivity contribution in [1.29, 1.82) is 0 Å². The highest BCUT2D eigenvalue weighted by atomic mass is 32.2. The number of nitrogens with one attached hydrogen (secondary N) is 1. The van der Waals surface area contributed by atoms with Crippen LogP contribution in [0, 0.1) is 5.21 Å². The number of nitrogens with two attached hydrogens (primary N) is 1. The summed E-state index contributed by atoms with van der Waals surface area (Å²) in [5, 5.41) is 10.3. The van der Waals surface area contributed by atoms with Crippen LogP contribution in [-0.4, -0.2) is 78.1 Å². The summed E-state index contributed by atoms with van der Waals surface area (Å²) in [6, 6.07) is 4.66. The standard InChI is InChI=1S/C24H34N6O6S/c1-4-6-17-16-28(3)22-21(17)25-23(26-24(22)31)19-15-18(7-8-20(19)35-5-2)37(33,34)30-11-9-29(10-12-30)13-14-36-27-32/h7-8,15-16H,4-6,9-14,27H2,1-3H3,(H,25,26,31). The number of sulfonamides is 1. The summed E-state index contributed by atoms with van der Waals surface area (Å²) in [7, 11) is -1.99. The number of quaternary nitrogens is 1. The molecular weight excluding hydrogens is 500 g/mol. The highest BCUT2D eigenvalue weighted by molar-refractivity contribution is 7.89. The predicted octanol–water partition coefficient (Wildman–Crippen LogP) is 0.579. The molecule has 3 N–H and O–H groups in total. The molecule has 0 unspecified atom stereocenters. The summed E-state index contributed by atoms with van der Waals surface area (Å²) >= 11 is 0. The average molecular weight is 535 g/mol. The first kappa shape index (κ1) is 27.2. The number of benzene rings is 1. The molecule has 0 bridgehead atoms. The molecular formula is C24H34N6O6S. The number of aromatic nitrogens is 3. The van der Waals surface area contributed by atoms with E-state index in [1.807, 2.05) is 20.2 Å². The van der Waals surface area contributed by atoms with Gasteiger partial charge in [-0.25, -0.2) is 23.9 Å². The number of fused-ring (bicyclic) bond motifs is 1. The van der Waals surface area contributed by atoms with Crippen LogP contribution in [0.3, 0.4) is 0 Å². The fourth-order valence-corrected chi connectivity index (χ4v) is 6.11.